The van der Waals surface area contributed by atoms with Crippen LogP contribution in [0.4, 0.5) is 5.13 Å². The molecule has 0 amide bonds. The van der Waals surface area contributed by atoms with E-state index in [4.69, 9.17) is 4.98 Å². The lowest BCUT2D eigenvalue weighted by molar-refractivity contribution is 0.161. The molecule has 0 spiro atoms. The number of aromatic nitrogens is 5. The first-order valence-electron chi connectivity index (χ1n) is 11.1. The number of piperidine rings is 1. The number of thiazole rings is 1. The first-order valence-corrected chi connectivity index (χ1v) is 11.9. The molecule has 1 aliphatic heterocycles. The summed E-state index contributed by atoms with van der Waals surface area (Å²) in [6.07, 6.45) is 4.00. The van der Waals surface area contributed by atoms with Gasteiger partial charge in [-0.05, 0) is 58.7 Å². The Morgan fingerprint density at radius 1 is 1.15 bits per heavy atom. The number of rotatable bonds is 3. The number of benzene rings is 1. The predicted molar refractivity (Wildman–Crippen MR) is 132 cm³/mol. The van der Waals surface area contributed by atoms with Gasteiger partial charge in [-0.1, -0.05) is 11.3 Å². The average molecular weight is 461 g/mol. The molecule has 9 heteroatoms. The van der Waals surface area contributed by atoms with Crippen molar-refractivity contribution in [2.45, 2.75) is 57.7 Å². The fourth-order valence-corrected chi connectivity index (χ4v) is 6.18. The van der Waals surface area contributed by atoms with E-state index in [1.807, 2.05) is 31.4 Å². The lowest BCUT2D eigenvalue weighted by atomic mass is 9.79. The SMILES string of the molecule is CN(c1nc2nnc(-c3cc(C#N)c4nn(C)cc4c3)cc2s1)C1CC(C)(C)NC(C)(C)C1. The molecule has 8 nitrogen and oxygen atoms in total. The summed E-state index contributed by atoms with van der Waals surface area (Å²) in [5.74, 6) is 0. The molecule has 33 heavy (non-hydrogen) atoms. The third-order valence-electron chi connectivity index (χ3n) is 6.30. The lowest BCUT2D eigenvalue weighted by Crippen LogP contribution is -2.61. The maximum atomic E-state index is 9.60. The normalized spacial score (nSPS) is 18.0. The molecule has 1 saturated heterocycles. The van der Waals surface area contributed by atoms with Gasteiger partial charge in [-0.2, -0.15) is 15.3 Å². The van der Waals surface area contributed by atoms with Gasteiger partial charge in [0.2, 0.25) is 0 Å². The second-order valence-electron chi connectivity index (χ2n) is 10.4. The smallest absolute Gasteiger partial charge is 0.194 e. The molecule has 1 N–H and O–H groups in total. The maximum absolute atomic E-state index is 9.60. The Morgan fingerprint density at radius 3 is 2.58 bits per heavy atom. The molecular formula is C24H28N8S. The van der Waals surface area contributed by atoms with Crippen LogP contribution < -0.4 is 10.2 Å². The third-order valence-corrected chi connectivity index (χ3v) is 7.38. The summed E-state index contributed by atoms with van der Waals surface area (Å²) in [7, 11) is 3.98. The van der Waals surface area contributed by atoms with Gasteiger partial charge in [-0.3, -0.25) is 4.68 Å². The second kappa shape index (κ2) is 7.47. The zero-order chi connectivity index (χ0) is 23.5. The zero-order valence-corrected chi connectivity index (χ0v) is 20.7. The van der Waals surface area contributed by atoms with Gasteiger partial charge in [0.25, 0.3) is 0 Å². The number of hydrogen-bond acceptors (Lipinski definition) is 8. The van der Waals surface area contributed by atoms with Crippen molar-refractivity contribution in [3.8, 4) is 17.3 Å². The van der Waals surface area contributed by atoms with Crippen molar-refractivity contribution in [2.24, 2.45) is 7.05 Å². The van der Waals surface area contributed by atoms with E-state index in [1.54, 1.807) is 16.0 Å². The van der Waals surface area contributed by atoms with Gasteiger partial charge in [-0.25, -0.2) is 0 Å². The quantitative estimate of drug-likeness (QED) is 0.488. The van der Waals surface area contributed by atoms with Crippen molar-refractivity contribution in [3.05, 3.63) is 30.0 Å². The average Bonchev–Trinajstić information content (AvgIpc) is 3.31. The van der Waals surface area contributed by atoms with Crippen molar-refractivity contribution >= 4 is 37.7 Å². The Kier molecular flexibility index (Phi) is 4.92. The molecule has 1 aromatic carbocycles. The van der Waals surface area contributed by atoms with Gasteiger partial charge in [0.1, 0.15) is 11.6 Å². The molecule has 0 unspecified atom stereocenters. The molecule has 1 fully saturated rings. The maximum Gasteiger partial charge on any atom is 0.194 e. The predicted octanol–water partition coefficient (Wildman–Crippen LogP) is 4.26. The lowest BCUT2D eigenvalue weighted by Gasteiger charge is -2.48. The number of nitrogens with one attached hydrogen (secondary N) is 1. The van der Waals surface area contributed by atoms with Crippen LogP contribution in [-0.4, -0.2) is 49.1 Å². The molecular weight excluding hydrogens is 432 g/mol. The largest absolute Gasteiger partial charge is 0.348 e. The van der Waals surface area contributed by atoms with Crippen molar-refractivity contribution < 1.29 is 0 Å². The minimum absolute atomic E-state index is 0.0632. The summed E-state index contributed by atoms with van der Waals surface area (Å²) in [6, 6.07) is 8.50. The molecule has 1 aliphatic rings. The van der Waals surface area contributed by atoms with Crippen LogP contribution in [0.2, 0.25) is 0 Å². The summed E-state index contributed by atoms with van der Waals surface area (Å²) >= 11 is 1.64. The summed E-state index contributed by atoms with van der Waals surface area (Å²) in [5.41, 5.74) is 3.60. The molecule has 5 rings (SSSR count). The standard InChI is InChI=1S/C24H28N8S/c1-23(2)10-17(11-24(3,4)30-23)32(6)22-26-21-19(33-22)9-18(27-28-21)14-7-15(12-25)20-16(8-14)13-31(5)29-20/h7-9,13,17,30H,10-11H2,1-6H3. The van der Waals surface area contributed by atoms with Crippen molar-refractivity contribution in [3.63, 3.8) is 0 Å². The van der Waals surface area contributed by atoms with Crippen LogP contribution in [0.3, 0.4) is 0 Å². The molecule has 4 heterocycles. The Balaban J connectivity index is 1.50. The van der Waals surface area contributed by atoms with Crippen LogP contribution in [0.25, 0.3) is 32.5 Å². The van der Waals surface area contributed by atoms with Gasteiger partial charge in [0.05, 0.1) is 16.0 Å². The number of nitrogens with zero attached hydrogens (tertiary/aromatic N) is 7. The highest BCUT2D eigenvalue weighted by molar-refractivity contribution is 7.22. The van der Waals surface area contributed by atoms with E-state index in [9.17, 15) is 5.26 Å². The van der Waals surface area contributed by atoms with E-state index in [-0.39, 0.29) is 11.1 Å². The fourth-order valence-electron chi connectivity index (χ4n) is 5.21. The van der Waals surface area contributed by atoms with Gasteiger partial charge in [-0.15, -0.1) is 10.2 Å². The first-order chi connectivity index (χ1) is 15.5. The van der Waals surface area contributed by atoms with Crippen molar-refractivity contribution in [1.29, 1.82) is 5.26 Å². The van der Waals surface area contributed by atoms with E-state index in [1.165, 1.54) is 0 Å². The van der Waals surface area contributed by atoms with E-state index in [0.29, 0.717) is 22.8 Å². The molecule has 0 bridgehead atoms. The highest BCUT2D eigenvalue weighted by Gasteiger charge is 2.39. The minimum Gasteiger partial charge on any atom is -0.348 e. The van der Waals surface area contributed by atoms with Crippen LogP contribution in [0.15, 0.2) is 24.4 Å². The highest BCUT2D eigenvalue weighted by Crippen LogP contribution is 2.36. The third kappa shape index (κ3) is 4.05. The highest BCUT2D eigenvalue weighted by atomic mass is 32.1. The van der Waals surface area contributed by atoms with Crippen LogP contribution in [0, 0.1) is 11.3 Å². The second-order valence-corrected chi connectivity index (χ2v) is 11.4. The molecule has 0 radical (unpaired) electrons. The summed E-state index contributed by atoms with van der Waals surface area (Å²) in [6.45, 7) is 9.05. The Morgan fingerprint density at radius 2 is 1.88 bits per heavy atom. The van der Waals surface area contributed by atoms with E-state index in [0.717, 1.165) is 39.3 Å². The number of anilines is 1. The molecule has 0 aliphatic carbocycles. The number of aryl methyl sites for hydroxylation is 1. The number of nitriles is 1. The monoisotopic (exact) mass is 460 g/mol. The summed E-state index contributed by atoms with van der Waals surface area (Å²) in [5, 5.41) is 28.4. The van der Waals surface area contributed by atoms with Gasteiger partial charge < -0.3 is 10.2 Å². The molecule has 3 aromatic heterocycles. The van der Waals surface area contributed by atoms with Crippen LogP contribution in [-0.2, 0) is 7.05 Å². The first kappa shape index (κ1) is 21.7. The summed E-state index contributed by atoms with van der Waals surface area (Å²) < 4.78 is 2.71. The molecule has 0 atom stereocenters. The zero-order valence-electron chi connectivity index (χ0n) is 19.8. The Labute approximate surface area is 197 Å². The van der Waals surface area contributed by atoms with Gasteiger partial charge in [0, 0.05) is 48.4 Å². The van der Waals surface area contributed by atoms with Gasteiger partial charge >= 0.3 is 0 Å². The molecule has 170 valence electrons. The Hall–Kier alpha value is -3.09. The minimum atomic E-state index is 0.0632. The van der Waals surface area contributed by atoms with E-state index < -0.39 is 0 Å². The van der Waals surface area contributed by atoms with Crippen LogP contribution >= 0.6 is 11.3 Å². The van der Waals surface area contributed by atoms with Gasteiger partial charge in [0.15, 0.2) is 10.8 Å². The fraction of sp³-hybridized carbons (Fsp3) is 0.458. The van der Waals surface area contributed by atoms with Crippen molar-refractivity contribution in [2.75, 3.05) is 11.9 Å². The van der Waals surface area contributed by atoms with Crippen molar-refractivity contribution in [1.82, 2.24) is 30.3 Å². The molecule has 0 saturated carbocycles. The van der Waals surface area contributed by atoms with E-state index in [2.05, 4.69) is 66.3 Å². The van der Waals surface area contributed by atoms with E-state index >= 15 is 0 Å². The number of hydrogen-bond donors (Lipinski definition) is 1. The molecule has 4 aromatic rings. The summed E-state index contributed by atoms with van der Waals surface area (Å²) in [4.78, 5) is 7.09. The Bertz CT molecular complexity index is 1390. The van der Waals surface area contributed by atoms with Crippen LogP contribution in [0.1, 0.15) is 46.1 Å². The number of fused-ring (bicyclic) bond motifs is 2. The topological polar surface area (TPSA) is 95.6 Å². The van der Waals surface area contributed by atoms with Crippen LogP contribution in [0.5, 0.6) is 0 Å².